The maximum absolute atomic E-state index is 6.08. The van der Waals surface area contributed by atoms with Gasteiger partial charge in [0.05, 0.1) is 0 Å². The van der Waals surface area contributed by atoms with Crippen molar-refractivity contribution in [3.63, 3.8) is 0 Å². The molecule has 0 radical (unpaired) electrons. The number of thioether (sulfide) groups is 1. The van der Waals surface area contributed by atoms with Crippen LogP contribution in [0.5, 0.6) is 0 Å². The minimum Gasteiger partial charge on any atom is -0.383 e. The molecule has 16 heavy (non-hydrogen) atoms. The Morgan fingerprint density at radius 2 is 2.12 bits per heavy atom. The lowest BCUT2D eigenvalue weighted by Crippen LogP contribution is -2.28. The molecule has 90 valence electrons. The molecule has 1 aromatic heterocycles. The zero-order chi connectivity index (χ0) is 12.2. The molecule has 4 heteroatoms. The second kappa shape index (κ2) is 5.55. The van der Waals surface area contributed by atoms with E-state index in [2.05, 4.69) is 25.8 Å². The number of anilines is 1. The maximum Gasteiger partial charge on any atom is 0.126 e. The van der Waals surface area contributed by atoms with Crippen LogP contribution in [0.3, 0.4) is 0 Å². The van der Waals surface area contributed by atoms with E-state index in [1.165, 1.54) is 0 Å². The van der Waals surface area contributed by atoms with Gasteiger partial charge in [-0.25, -0.2) is 4.98 Å². The number of nitrogen functional groups attached to an aromatic ring is 1. The van der Waals surface area contributed by atoms with E-state index in [-0.39, 0.29) is 10.8 Å². The molecule has 0 aromatic carbocycles. The summed E-state index contributed by atoms with van der Waals surface area (Å²) in [6.07, 6.45) is 2.50. The lowest BCUT2D eigenvalue weighted by molar-refractivity contribution is 0.733. The van der Waals surface area contributed by atoms with E-state index in [1.54, 1.807) is 6.20 Å². The van der Waals surface area contributed by atoms with Crippen molar-refractivity contribution in [2.24, 2.45) is 5.73 Å². The summed E-state index contributed by atoms with van der Waals surface area (Å²) in [6.45, 7) is 6.59. The van der Waals surface area contributed by atoms with Crippen molar-refractivity contribution in [3.05, 3.63) is 23.9 Å². The third kappa shape index (κ3) is 4.86. The fourth-order valence-electron chi connectivity index (χ4n) is 1.32. The first-order valence-electron chi connectivity index (χ1n) is 5.47. The van der Waals surface area contributed by atoms with E-state index in [0.717, 1.165) is 17.7 Å². The smallest absolute Gasteiger partial charge is 0.126 e. The number of rotatable bonds is 4. The first-order valence-corrected chi connectivity index (χ1v) is 6.46. The summed E-state index contributed by atoms with van der Waals surface area (Å²) >= 11 is 1.88. The molecule has 0 bridgehead atoms. The summed E-state index contributed by atoms with van der Waals surface area (Å²) in [5.41, 5.74) is 12.9. The zero-order valence-corrected chi connectivity index (χ0v) is 11.1. The molecule has 0 aliphatic rings. The van der Waals surface area contributed by atoms with Crippen molar-refractivity contribution in [1.82, 2.24) is 4.98 Å². The monoisotopic (exact) mass is 239 g/mol. The van der Waals surface area contributed by atoms with Crippen LogP contribution in [0.2, 0.25) is 0 Å². The Hall–Kier alpha value is -0.740. The number of hydrogen-bond donors (Lipinski definition) is 2. The van der Waals surface area contributed by atoms with Gasteiger partial charge >= 0.3 is 0 Å². The molecule has 0 saturated carbocycles. The molecule has 4 N–H and O–H groups in total. The summed E-state index contributed by atoms with van der Waals surface area (Å²) in [6, 6.07) is 4.02. The second-order valence-electron chi connectivity index (χ2n) is 4.94. The average molecular weight is 239 g/mol. The van der Waals surface area contributed by atoms with Gasteiger partial charge in [0.25, 0.3) is 0 Å². The Balaban J connectivity index is 2.46. The van der Waals surface area contributed by atoms with Crippen molar-refractivity contribution >= 4 is 17.6 Å². The van der Waals surface area contributed by atoms with E-state index >= 15 is 0 Å². The predicted octanol–water partition coefficient (Wildman–Crippen LogP) is 2.07. The van der Waals surface area contributed by atoms with Crippen LogP contribution in [-0.4, -0.2) is 21.5 Å². The van der Waals surface area contributed by atoms with E-state index in [1.807, 2.05) is 23.9 Å². The van der Waals surface area contributed by atoms with Crippen molar-refractivity contribution in [2.75, 3.05) is 11.5 Å². The summed E-state index contributed by atoms with van der Waals surface area (Å²) in [5, 5.41) is 0. The summed E-state index contributed by atoms with van der Waals surface area (Å²) in [5.74, 6) is 1.54. The van der Waals surface area contributed by atoms with Crippen LogP contribution < -0.4 is 11.5 Å². The zero-order valence-electron chi connectivity index (χ0n) is 10.2. The highest BCUT2D eigenvalue weighted by molar-refractivity contribution is 8.00. The van der Waals surface area contributed by atoms with Gasteiger partial charge in [-0.15, -0.1) is 0 Å². The average Bonchev–Trinajstić information content (AvgIpc) is 2.18. The molecule has 0 aliphatic heterocycles. The highest BCUT2D eigenvalue weighted by Crippen LogP contribution is 2.24. The van der Waals surface area contributed by atoms with Crippen LogP contribution in [0.1, 0.15) is 26.3 Å². The van der Waals surface area contributed by atoms with Gasteiger partial charge in [0.2, 0.25) is 0 Å². The maximum atomic E-state index is 6.08. The SMILES string of the molecule is CC(C)(C)SCC(N)Cc1cccnc1N. The van der Waals surface area contributed by atoms with Gasteiger partial charge in [0, 0.05) is 22.7 Å². The normalized spacial score (nSPS) is 13.8. The molecule has 0 saturated heterocycles. The number of aromatic nitrogens is 1. The molecule has 3 nitrogen and oxygen atoms in total. The first-order chi connectivity index (χ1) is 7.38. The van der Waals surface area contributed by atoms with Crippen LogP contribution in [0, 0.1) is 0 Å². The quantitative estimate of drug-likeness (QED) is 0.844. The van der Waals surface area contributed by atoms with Gasteiger partial charge in [0.1, 0.15) is 5.82 Å². The van der Waals surface area contributed by atoms with Gasteiger partial charge < -0.3 is 11.5 Å². The van der Waals surface area contributed by atoms with Crippen molar-refractivity contribution in [1.29, 1.82) is 0 Å². The molecule has 1 aromatic rings. The van der Waals surface area contributed by atoms with Gasteiger partial charge in [-0.3, -0.25) is 0 Å². The predicted molar refractivity (Wildman–Crippen MR) is 72.5 cm³/mol. The Morgan fingerprint density at radius 1 is 1.44 bits per heavy atom. The van der Waals surface area contributed by atoms with E-state index in [0.29, 0.717) is 5.82 Å². The van der Waals surface area contributed by atoms with Gasteiger partial charge in [-0.05, 0) is 18.1 Å². The van der Waals surface area contributed by atoms with Gasteiger partial charge in [-0.1, -0.05) is 26.8 Å². The third-order valence-corrected chi connectivity index (χ3v) is 3.60. The lowest BCUT2D eigenvalue weighted by Gasteiger charge is -2.20. The van der Waals surface area contributed by atoms with Crippen LogP contribution >= 0.6 is 11.8 Å². The summed E-state index contributed by atoms with van der Waals surface area (Å²) in [7, 11) is 0. The highest BCUT2D eigenvalue weighted by Gasteiger charge is 2.14. The Morgan fingerprint density at radius 3 is 2.69 bits per heavy atom. The molecule has 0 fully saturated rings. The minimum atomic E-state index is 0.135. The standard InChI is InChI=1S/C12H21N3S/c1-12(2,3)16-8-10(13)7-9-5-4-6-15-11(9)14/h4-6,10H,7-8,13H2,1-3H3,(H2,14,15). The lowest BCUT2D eigenvalue weighted by atomic mass is 10.1. The van der Waals surface area contributed by atoms with Crippen LogP contribution in [0.4, 0.5) is 5.82 Å². The topological polar surface area (TPSA) is 64.9 Å². The van der Waals surface area contributed by atoms with E-state index < -0.39 is 0 Å². The molecule has 1 unspecified atom stereocenters. The van der Waals surface area contributed by atoms with Gasteiger partial charge in [0.15, 0.2) is 0 Å². The number of hydrogen-bond acceptors (Lipinski definition) is 4. The van der Waals surface area contributed by atoms with Crippen LogP contribution in [-0.2, 0) is 6.42 Å². The number of nitrogens with zero attached hydrogens (tertiary/aromatic N) is 1. The molecule has 1 atom stereocenters. The summed E-state index contributed by atoms with van der Waals surface area (Å²) < 4.78 is 0.262. The fraction of sp³-hybridized carbons (Fsp3) is 0.583. The van der Waals surface area contributed by atoms with E-state index in [4.69, 9.17) is 11.5 Å². The van der Waals surface area contributed by atoms with Crippen molar-refractivity contribution in [2.45, 2.75) is 38.0 Å². The molecular formula is C12H21N3S. The third-order valence-electron chi connectivity index (χ3n) is 2.14. The first kappa shape index (κ1) is 13.3. The minimum absolute atomic E-state index is 0.135. The highest BCUT2D eigenvalue weighted by atomic mass is 32.2. The number of nitrogens with two attached hydrogens (primary N) is 2. The Labute approximate surface area is 102 Å². The second-order valence-corrected chi connectivity index (χ2v) is 6.78. The van der Waals surface area contributed by atoms with Crippen LogP contribution in [0.25, 0.3) is 0 Å². The Kier molecular flexibility index (Phi) is 4.62. The molecular weight excluding hydrogens is 218 g/mol. The number of pyridine rings is 1. The van der Waals surface area contributed by atoms with Crippen LogP contribution in [0.15, 0.2) is 18.3 Å². The molecule has 1 rings (SSSR count). The van der Waals surface area contributed by atoms with E-state index in [9.17, 15) is 0 Å². The van der Waals surface area contributed by atoms with Gasteiger partial charge in [-0.2, -0.15) is 11.8 Å². The van der Waals surface area contributed by atoms with Crippen molar-refractivity contribution < 1.29 is 0 Å². The molecule has 0 aliphatic carbocycles. The Bertz CT molecular complexity index is 333. The fourth-order valence-corrected chi connectivity index (χ4v) is 2.15. The summed E-state index contributed by atoms with van der Waals surface area (Å²) in [4.78, 5) is 4.06. The molecule has 0 spiro atoms. The molecule has 1 heterocycles. The van der Waals surface area contributed by atoms with Crippen molar-refractivity contribution in [3.8, 4) is 0 Å². The largest absolute Gasteiger partial charge is 0.383 e. The molecule has 0 amide bonds.